The van der Waals surface area contributed by atoms with E-state index < -0.39 is 16.1 Å². The standard InChI is InChI=1S/C28H35N3O5S/c1-20-16-31(21(2)19-32)37(33,34)28-12-9-24(23-7-10-25(35-4)11-8-23)14-26(28)36-27(20)18-30(3)17-22-6-5-13-29-15-22/h5-15,20-21,27,32H,16-19H2,1-4H3/t20-,21-,27-/m1/s1. The Kier molecular flexibility index (Phi) is 8.49. The lowest BCUT2D eigenvalue weighted by molar-refractivity contribution is 0.0734. The number of hydrogen-bond acceptors (Lipinski definition) is 7. The van der Waals surface area contributed by atoms with Crippen LogP contribution in [0.5, 0.6) is 11.5 Å². The number of aromatic nitrogens is 1. The summed E-state index contributed by atoms with van der Waals surface area (Å²) in [5.74, 6) is 0.931. The Morgan fingerprint density at radius 1 is 1.19 bits per heavy atom. The van der Waals surface area contributed by atoms with Gasteiger partial charge in [-0.15, -0.1) is 0 Å². The van der Waals surface area contributed by atoms with E-state index in [1.54, 1.807) is 38.4 Å². The van der Waals surface area contributed by atoms with E-state index >= 15 is 0 Å². The first-order valence-electron chi connectivity index (χ1n) is 12.4. The smallest absolute Gasteiger partial charge is 0.247 e. The lowest BCUT2D eigenvalue weighted by Crippen LogP contribution is -2.49. The second kappa shape index (κ2) is 11.6. The molecule has 1 aliphatic heterocycles. The molecular weight excluding hydrogens is 490 g/mol. The van der Waals surface area contributed by atoms with Crippen LogP contribution < -0.4 is 9.47 Å². The van der Waals surface area contributed by atoms with Gasteiger partial charge in [0.1, 0.15) is 22.5 Å². The van der Waals surface area contributed by atoms with Crippen molar-refractivity contribution in [1.82, 2.24) is 14.2 Å². The molecule has 0 amide bonds. The molecule has 198 valence electrons. The first kappa shape index (κ1) is 27.1. The number of fused-ring (bicyclic) bond motifs is 1. The average molecular weight is 526 g/mol. The molecule has 0 fully saturated rings. The number of benzene rings is 2. The van der Waals surface area contributed by atoms with Gasteiger partial charge < -0.3 is 14.6 Å². The topological polar surface area (TPSA) is 92.2 Å². The van der Waals surface area contributed by atoms with Gasteiger partial charge in [0.2, 0.25) is 10.0 Å². The zero-order chi connectivity index (χ0) is 26.6. The van der Waals surface area contributed by atoms with Crippen LogP contribution in [0.4, 0.5) is 0 Å². The van der Waals surface area contributed by atoms with Gasteiger partial charge >= 0.3 is 0 Å². The third kappa shape index (κ3) is 6.13. The van der Waals surface area contributed by atoms with Crippen molar-refractivity contribution in [2.45, 2.75) is 37.4 Å². The van der Waals surface area contributed by atoms with Crippen molar-refractivity contribution in [2.24, 2.45) is 5.92 Å². The minimum Gasteiger partial charge on any atom is -0.497 e. The molecular formula is C28H35N3O5S. The Balaban J connectivity index is 1.71. The van der Waals surface area contributed by atoms with E-state index in [0.717, 1.165) is 22.4 Å². The predicted octanol–water partition coefficient (Wildman–Crippen LogP) is 3.66. The summed E-state index contributed by atoms with van der Waals surface area (Å²) >= 11 is 0. The monoisotopic (exact) mass is 525 g/mol. The summed E-state index contributed by atoms with van der Waals surface area (Å²) in [5, 5.41) is 9.86. The molecule has 0 bridgehead atoms. The number of likely N-dealkylation sites (N-methyl/N-ethyl adjacent to an activating group) is 1. The Morgan fingerprint density at radius 2 is 1.92 bits per heavy atom. The van der Waals surface area contributed by atoms with Crippen LogP contribution in [0.1, 0.15) is 19.4 Å². The van der Waals surface area contributed by atoms with E-state index in [1.807, 2.05) is 56.6 Å². The molecule has 1 aliphatic rings. The molecule has 0 aliphatic carbocycles. The van der Waals surface area contributed by atoms with Gasteiger partial charge in [0.15, 0.2) is 0 Å². The van der Waals surface area contributed by atoms with E-state index in [-0.39, 0.29) is 30.1 Å². The van der Waals surface area contributed by atoms with Crippen molar-refractivity contribution < 1.29 is 23.0 Å². The fourth-order valence-electron chi connectivity index (χ4n) is 4.58. The molecule has 4 rings (SSSR count). The predicted molar refractivity (Wildman–Crippen MR) is 143 cm³/mol. The molecule has 2 heterocycles. The summed E-state index contributed by atoms with van der Waals surface area (Å²) in [6.07, 6.45) is 3.31. The molecule has 3 aromatic rings. The maximum absolute atomic E-state index is 13.7. The molecule has 0 saturated carbocycles. The first-order chi connectivity index (χ1) is 17.7. The zero-order valence-corrected chi connectivity index (χ0v) is 22.6. The van der Waals surface area contributed by atoms with Crippen LogP contribution in [0.3, 0.4) is 0 Å². The lowest BCUT2D eigenvalue weighted by Gasteiger charge is -2.37. The summed E-state index contributed by atoms with van der Waals surface area (Å²) in [6.45, 7) is 4.97. The fraction of sp³-hybridized carbons (Fsp3) is 0.393. The molecule has 3 atom stereocenters. The van der Waals surface area contributed by atoms with Gasteiger partial charge in [-0.25, -0.2) is 8.42 Å². The quantitative estimate of drug-likeness (QED) is 0.480. The Bertz CT molecular complexity index is 1280. The largest absolute Gasteiger partial charge is 0.497 e. The molecule has 0 radical (unpaired) electrons. The van der Waals surface area contributed by atoms with Gasteiger partial charge in [0.05, 0.1) is 13.7 Å². The van der Waals surface area contributed by atoms with E-state index in [9.17, 15) is 13.5 Å². The number of ether oxygens (including phenoxy) is 2. The van der Waals surface area contributed by atoms with Crippen molar-refractivity contribution in [3.8, 4) is 22.6 Å². The highest BCUT2D eigenvalue weighted by molar-refractivity contribution is 7.89. The molecule has 37 heavy (non-hydrogen) atoms. The van der Waals surface area contributed by atoms with Crippen LogP contribution >= 0.6 is 0 Å². The number of rotatable bonds is 8. The fourth-order valence-corrected chi connectivity index (χ4v) is 6.41. The van der Waals surface area contributed by atoms with Crippen LogP contribution in [-0.4, -0.2) is 73.7 Å². The van der Waals surface area contributed by atoms with Crippen molar-refractivity contribution >= 4 is 10.0 Å². The van der Waals surface area contributed by atoms with Gasteiger partial charge in [-0.1, -0.05) is 31.2 Å². The second-order valence-corrected chi connectivity index (χ2v) is 11.5. The normalized spacial score (nSPS) is 20.4. The summed E-state index contributed by atoms with van der Waals surface area (Å²) in [4.78, 5) is 6.46. The van der Waals surface area contributed by atoms with Crippen LogP contribution in [0.15, 0.2) is 71.9 Å². The van der Waals surface area contributed by atoms with Gasteiger partial charge in [0, 0.05) is 44.0 Å². The average Bonchev–Trinajstić information content (AvgIpc) is 2.90. The number of methoxy groups -OCH3 is 1. The minimum atomic E-state index is -3.89. The van der Waals surface area contributed by atoms with Gasteiger partial charge in [-0.3, -0.25) is 9.88 Å². The summed E-state index contributed by atoms with van der Waals surface area (Å²) < 4.78 is 40.6. The van der Waals surface area contributed by atoms with Crippen LogP contribution in [0, 0.1) is 5.92 Å². The maximum atomic E-state index is 13.7. The summed E-state index contributed by atoms with van der Waals surface area (Å²) in [5.41, 5.74) is 2.85. The van der Waals surface area contributed by atoms with Crippen molar-refractivity contribution in [3.63, 3.8) is 0 Å². The summed E-state index contributed by atoms with van der Waals surface area (Å²) in [7, 11) is -0.259. The number of pyridine rings is 1. The molecule has 0 saturated heterocycles. The van der Waals surface area contributed by atoms with Crippen LogP contribution in [0.2, 0.25) is 0 Å². The van der Waals surface area contributed by atoms with Crippen molar-refractivity contribution in [1.29, 1.82) is 0 Å². The molecule has 0 unspecified atom stereocenters. The van der Waals surface area contributed by atoms with E-state index in [1.165, 1.54) is 4.31 Å². The third-order valence-corrected chi connectivity index (χ3v) is 8.78. The van der Waals surface area contributed by atoms with Gasteiger partial charge in [0.25, 0.3) is 0 Å². The summed E-state index contributed by atoms with van der Waals surface area (Å²) in [6, 6.07) is 16.2. The number of sulfonamides is 1. The lowest BCUT2D eigenvalue weighted by atomic mass is 10.0. The Labute approximate surface area is 219 Å². The van der Waals surface area contributed by atoms with Gasteiger partial charge in [-0.2, -0.15) is 4.31 Å². The molecule has 1 aromatic heterocycles. The molecule has 9 heteroatoms. The molecule has 2 aromatic carbocycles. The molecule has 0 spiro atoms. The molecule has 8 nitrogen and oxygen atoms in total. The highest BCUT2D eigenvalue weighted by Gasteiger charge is 2.38. The minimum absolute atomic E-state index is 0.108. The number of aliphatic hydroxyl groups is 1. The Hall–Kier alpha value is -2.98. The maximum Gasteiger partial charge on any atom is 0.247 e. The van der Waals surface area contributed by atoms with Crippen molar-refractivity contribution in [3.05, 3.63) is 72.6 Å². The Morgan fingerprint density at radius 3 is 2.57 bits per heavy atom. The molecule has 1 N–H and O–H groups in total. The second-order valence-electron chi connectivity index (χ2n) is 9.69. The number of nitrogens with zero attached hydrogens (tertiary/aromatic N) is 3. The van der Waals surface area contributed by atoms with Crippen LogP contribution in [-0.2, 0) is 16.6 Å². The highest BCUT2D eigenvalue weighted by Crippen LogP contribution is 2.37. The van der Waals surface area contributed by atoms with E-state index in [4.69, 9.17) is 9.47 Å². The SMILES string of the molecule is COc1ccc(-c2ccc3c(c2)O[C@H](CN(C)Cc2cccnc2)[C@H](C)CN([C@H](C)CO)S3(=O)=O)cc1. The highest BCUT2D eigenvalue weighted by atomic mass is 32.2. The first-order valence-corrected chi connectivity index (χ1v) is 13.8. The van der Waals surface area contributed by atoms with E-state index in [2.05, 4.69) is 9.88 Å². The van der Waals surface area contributed by atoms with E-state index in [0.29, 0.717) is 18.8 Å². The number of aliphatic hydroxyl groups excluding tert-OH is 1. The number of hydrogen-bond donors (Lipinski definition) is 1. The third-order valence-electron chi connectivity index (χ3n) is 6.76. The zero-order valence-electron chi connectivity index (χ0n) is 21.7. The van der Waals surface area contributed by atoms with Crippen LogP contribution in [0.25, 0.3) is 11.1 Å². The van der Waals surface area contributed by atoms with Gasteiger partial charge in [-0.05, 0) is 61.0 Å². The van der Waals surface area contributed by atoms with Crippen molar-refractivity contribution in [2.75, 3.05) is 33.9 Å².